The highest BCUT2D eigenvalue weighted by Crippen LogP contribution is 2.35. The summed E-state index contributed by atoms with van der Waals surface area (Å²) in [5.74, 6) is -1.75. The van der Waals surface area contributed by atoms with Gasteiger partial charge in [-0.3, -0.25) is 4.79 Å². The van der Waals surface area contributed by atoms with Crippen molar-refractivity contribution in [3.8, 4) is 0 Å². The molecule has 1 amide bonds. The highest BCUT2D eigenvalue weighted by molar-refractivity contribution is 6.35. The molecule has 0 bridgehead atoms. The van der Waals surface area contributed by atoms with Crippen LogP contribution in [-0.2, 0) is 16.0 Å². The lowest BCUT2D eigenvalue weighted by Crippen LogP contribution is -2.44. The van der Waals surface area contributed by atoms with Crippen LogP contribution in [0.1, 0.15) is 56.6 Å². The van der Waals surface area contributed by atoms with Crippen LogP contribution >= 0.6 is 0 Å². The number of esters is 1. The molecule has 3 heterocycles. The predicted octanol–water partition coefficient (Wildman–Crippen LogP) is 2.87. The molecule has 0 radical (unpaired) electrons. The maximum absolute atomic E-state index is 12.8. The van der Waals surface area contributed by atoms with Crippen molar-refractivity contribution >= 4 is 35.2 Å². The Morgan fingerprint density at radius 2 is 1.94 bits per heavy atom. The number of carbonyl (C=O) groups is 3. The first kappa shape index (κ1) is 24.7. The number of aromatic amines is 1. The van der Waals surface area contributed by atoms with E-state index in [4.69, 9.17) is 4.74 Å². The molecule has 3 N–H and O–H groups in total. The van der Waals surface area contributed by atoms with Crippen LogP contribution in [0, 0.1) is 6.92 Å². The van der Waals surface area contributed by atoms with Gasteiger partial charge in [0.2, 0.25) is 0 Å². The Morgan fingerprint density at radius 1 is 1.20 bits per heavy atom. The van der Waals surface area contributed by atoms with Crippen LogP contribution in [0.15, 0.2) is 18.2 Å². The Balaban J connectivity index is 1.66. The summed E-state index contributed by atoms with van der Waals surface area (Å²) in [5, 5.41) is 12.2. The van der Waals surface area contributed by atoms with Gasteiger partial charge in [0.05, 0.1) is 23.3 Å². The smallest absolute Gasteiger partial charge is 0.340 e. The van der Waals surface area contributed by atoms with Crippen LogP contribution < -0.4 is 5.32 Å². The summed E-state index contributed by atoms with van der Waals surface area (Å²) < 4.78 is 5.32. The summed E-state index contributed by atoms with van der Waals surface area (Å²) >= 11 is 0. The number of amides is 1. The summed E-state index contributed by atoms with van der Waals surface area (Å²) in [5.41, 5.74) is 4.24. The minimum Gasteiger partial charge on any atom is -0.478 e. The van der Waals surface area contributed by atoms with Crippen LogP contribution in [0.3, 0.4) is 0 Å². The number of carboxylic acid groups (broad SMARTS) is 1. The average Bonchev–Trinajstić information content (AvgIpc) is 3.30. The molecule has 9 heteroatoms. The van der Waals surface area contributed by atoms with E-state index in [-0.39, 0.29) is 24.0 Å². The lowest BCUT2D eigenvalue weighted by molar-refractivity contribution is -0.110. The van der Waals surface area contributed by atoms with Crippen LogP contribution in [0.25, 0.3) is 11.6 Å². The summed E-state index contributed by atoms with van der Waals surface area (Å²) in [7, 11) is 2.13. The summed E-state index contributed by atoms with van der Waals surface area (Å²) in [6.45, 7) is 8.92. The second kappa shape index (κ2) is 10.5. The van der Waals surface area contributed by atoms with Gasteiger partial charge in [-0.05, 0) is 70.1 Å². The molecule has 35 heavy (non-hydrogen) atoms. The first-order valence-electron chi connectivity index (χ1n) is 12.0. The van der Waals surface area contributed by atoms with Crippen LogP contribution in [-0.4, -0.2) is 84.1 Å². The van der Waals surface area contributed by atoms with Gasteiger partial charge in [0.25, 0.3) is 5.91 Å². The topological polar surface area (TPSA) is 115 Å². The molecule has 0 spiro atoms. The number of aromatic carboxylic acids is 1. The van der Waals surface area contributed by atoms with Crippen molar-refractivity contribution in [2.24, 2.45) is 0 Å². The number of nitrogens with zero attached hydrogens (tertiary/aromatic N) is 2. The zero-order valence-corrected chi connectivity index (χ0v) is 20.4. The summed E-state index contributed by atoms with van der Waals surface area (Å²) in [4.78, 5) is 45.0. The third-order valence-electron chi connectivity index (χ3n) is 6.64. The summed E-state index contributed by atoms with van der Waals surface area (Å²) in [6.07, 6.45) is 3.22. The molecule has 9 nitrogen and oxygen atoms in total. The highest BCUT2D eigenvalue weighted by Gasteiger charge is 2.28. The lowest BCUT2D eigenvalue weighted by Gasteiger charge is -2.32. The molecule has 4 rings (SSSR count). The number of fused-ring (bicyclic) bond motifs is 1. The van der Waals surface area contributed by atoms with Crippen molar-refractivity contribution < 1.29 is 24.2 Å². The molecule has 0 saturated carbocycles. The van der Waals surface area contributed by atoms with Crippen molar-refractivity contribution in [3.05, 3.63) is 51.8 Å². The van der Waals surface area contributed by atoms with Crippen molar-refractivity contribution in [1.82, 2.24) is 14.8 Å². The number of rotatable bonds is 8. The number of H-pyrrole nitrogens is 1. The monoisotopic (exact) mass is 480 g/mol. The molecule has 0 unspecified atom stereocenters. The molecule has 186 valence electrons. The Labute approximate surface area is 204 Å². The lowest BCUT2D eigenvalue weighted by atomic mass is 9.99. The number of carboxylic acids is 1. The number of anilines is 1. The molecular formula is C26H32N4O5. The normalized spacial score (nSPS) is 17.5. The summed E-state index contributed by atoms with van der Waals surface area (Å²) in [6, 6.07) is 4.56. The number of piperazine rings is 1. The van der Waals surface area contributed by atoms with E-state index in [2.05, 4.69) is 27.1 Å². The molecule has 2 aliphatic rings. The number of hydrogen-bond donors (Lipinski definition) is 3. The number of aromatic nitrogens is 1. The molecule has 2 aromatic rings. The zero-order chi connectivity index (χ0) is 25.1. The van der Waals surface area contributed by atoms with Gasteiger partial charge in [-0.1, -0.05) is 0 Å². The highest BCUT2D eigenvalue weighted by atomic mass is 16.5. The molecular weight excluding hydrogens is 448 g/mol. The molecule has 1 saturated heterocycles. The van der Waals surface area contributed by atoms with Gasteiger partial charge < -0.3 is 29.9 Å². The number of benzene rings is 1. The standard InChI is InChI=1S/C26H32N4O5/c1-4-35-26(34)23-16(2)27-22(18(23)6-5-9-30-12-10-29(3)11-13-30)15-20-19-14-17(25(32)33)7-8-21(19)28-24(20)31/h7-8,14-15,27H,4-6,9-13H2,1-3H3,(H,28,31)(H,32,33)/b20-15-. The number of ether oxygens (including phenoxy) is 1. The van der Waals surface area contributed by atoms with E-state index in [1.165, 1.54) is 12.1 Å². The van der Waals surface area contributed by atoms with Crippen molar-refractivity contribution in [3.63, 3.8) is 0 Å². The molecule has 0 aliphatic carbocycles. The number of likely N-dealkylation sites (N-methyl/N-ethyl adjacent to an activating group) is 1. The van der Waals surface area contributed by atoms with Gasteiger partial charge in [-0.2, -0.15) is 0 Å². The second-order valence-corrected chi connectivity index (χ2v) is 9.06. The molecule has 1 fully saturated rings. The van der Waals surface area contributed by atoms with Gasteiger partial charge in [0, 0.05) is 48.8 Å². The Morgan fingerprint density at radius 3 is 2.63 bits per heavy atom. The Hall–Kier alpha value is -3.43. The zero-order valence-electron chi connectivity index (χ0n) is 20.4. The SMILES string of the molecule is CCOC(=O)c1c(C)[nH]c(/C=C2\C(=O)Nc3ccc(C(=O)O)cc32)c1CCCN1CCN(C)CC1. The van der Waals surface area contributed by atoms with E-state index in [1.54, 1.807) is 19.1 Å². The van der Waals surface area contributed by atoms with E-state index in [9.17, 15) is 19.5 Å². The predicted molar refractivity (Wildman–Crippen MR) is 134 cm³/mol. The quantitative estimate of drug-likeness (QED) is 0.393. The van der Waals surface area contributed by atoms with Crippen molar-refractivity contribution in [2.45, 2.75) is 26.7 Å². The van der Waals surface area contributed by atoms with E-state index in [0.29, 0.717) is 40.2 Å². The van der Waals surface area contributed by atoms with E-state index < -0.39 is 5.97 Å². The maximum atomic E-state index is 12.8. The fourth-order valence-corrected chi connectivity index (χ4v) is 4.72. The number of aryl methyl sites for hydroxylation is 1. The van der Waals surface area contributed by atoms with Gasteiger partial charge >= 0.3 is 11.9 Å². The molecule has 2 aliphatic heterocycles. The maximum Gasteiger partial charge on any atom is 0.340 e. The molecule has 1 aromatic heterocycles. The van der Waals surface area contributed by atoms with Crippen LogP contribution in [0.4, 0.5) is 5.69 Å². The Kier molecular flexibility index (Phi) is 7.37. The molecule has 1 aromatic carbocycles. The van der Waals surface area contributed by atoms with Crippen LogP contribution in [0.2, 0.25) is 0 Å². The second-order valence-electron chi connectivity index (χ2n) is 9.06. The van der Waals surface area contributed by atoms with Crippen molar-refractivity contribution in [1.29, 1.82) is 0 Å². The fourth-order valence-electron chi connectivity index (χ4n) is 4.72. The van der Waals surface area contributed by atoms with Gasteiger partial charge in [-0.15, -0.1) is 0 Å². The van der Waals surface area contributed by atoms with Crippen LogP contribution in [0.5, 0.6) is 0 Å². The number of nitrogens with one attached hydrogen (secondary N) is 2. The minimum atomic E-state index is -1.06. The van der Waals surface area contributed by atoms with Gasteiger partial charge in [0.1, 0.15) is 0 Å². The van der Waals surface area contributed by atoms with E-state index in [1.807, 2.05) is 6.92 Å². The van der Waals surface area contributed by atoms with Crippen molar-refractivity contribution in [2.75, 3.05) is 51.7 Å². The Bertz CT molecular complexity index is 1170. The van der Waals surface area contributed by atoms with E-state index in [0.717, 1.165) is 44.7 Å². The first-order valence-corrected chi connectivity index (χ1v) is 12.0. The van der Waals surface area contributed by atoms with Gasteiger partial charge in [-0.25, -0.2) is 9.59 Å². The molecule has 0 atom stereocenters. The third kappa shape index (κ3) is 5.31. The number of hydrogen-bond acceptors (Lipinski definition) is 6. The fraction of sp³-hybridized carbons (Fsp3) is 0.423. The average molecular weight is 481 g/mol. The largest absolute Gasteiger partial charge is 0.478 e. The minimum absolute atomic E-state index is 0.105. The third-order valence-corrected chi connectivity index (χ3v) is 6.64. The van der Waals surface area contributed by atoms with Gasteiger partial charge in [0.15, 0.2) is 0 Å². The first-order chi connectivity index (χ1) is 16.8. The number of carbonyl (C=O) groups excluding carboxylic acids is 2. The van der Waals surface area contributed by atoms with E-state index >= 15 is 0 Å².